The van der Waals surface area contributed by atoms with E-state index < -0.39 is 0 Å². The molecule has 152 valence electrons. The normalized spacial score (nSPS) is 16.0. The van der Waals surface area contributed by atoms with E-state index >= 15 is 0 Å². The Balaban J connectivity index is 1.55. The van der Waals surface area contributed by atoms with E-state index in [9.17, 15) is 9.59 Å². The van der Waals surface area contributed by atoms with Crippen LogP contribution < -0.4 is 5.69 Å². The fourth-order valence-corrected chi connectivity index (χ4v) is 5.44. The number of aryl methyl sites for hydroxylation is 1. The zero-order valence-electron chi connectivity index (χ0n) is 16.8. The molecule has 3 heterocycles. The largest absolute Gasteiger partial charge is 0.330 e. The topological polar surface area (TPSA) is 47.2 Å². The van der Waals surface area contributed by atoms with Gasteiger partial charge in [-0.2, -0.15) is 0 Å². The van der Waals surface area contributed by atoms with Gasteiger partial charge in [0.15, 0.2) is 0 Å². The Hall–Kier alpha value is -3.12. The molecule has 0 saturated carbocycles. The van der Waals surface area contributed by atoms with Crippen LogP contribution in [0, 0.1) is 0 Å². The van der Waals surface area contributed by atoms with Crippen molar-refractivity contribution in [3.05, 3.63) is 92.5 Å². The zero-order chi connectivity index (χ0) is 20.7. The molecular formula is C24H23N3O2S. The highest BCUT2D eigenvalue weighted by molar-refractivity contribution is 7.10. The first kappa shape index (κ1) is 18.9. The Labute approximate surface area is 178 Å². The van der Waals surface area contributed by atoms with E-state index in [1.54, 1.807) is 20.5 Å². The lowest BCUT2D eigenvalue weighted by Gasteiger charge is -2.36. The molecule has 1 aliphatic heterocycles. The predicted octanol–water partition coefficient (Wildman–Crippen LogP) is 4.06. The van der Waals surface area contributed by atoms with Crippen LogP contribution in [0.5, 0.6) is 0 Å². The number of amides is 1. The molecule has 0 bridgehead atoms. The fraction of sp³-hybridized carbons (Fsp3) is 0.250. The van der Waals surface area contributed by atoms with E-state index in [-0.39, 0.29) is 24.2 Å². The number of nitrogens with zero attached hydrogens (tertiary/aromatic N) is 3. The molecule has 0 unspecified atom stereocenters. The summed E-state index contributed by atoms with van der Waals surface area (Å²) in [7, 11) is 0. The Morgan fingerprint density at radius 2 is 1.70 bits per heavy atom. The number of rotatable bonds is 4. The number of carbonyl (C=O) groups is 1. The van der Waals surface area contributed by atoms with Crippen LogP contribution in [0.1, 0.15) is 29.0 Å². The Morgan fingerprint density at radius 3 is 2.43 bits per heavy atom. The smallest absolute Gasteiger partial charge is 0.329 e. The van der Waals surface area contributed by atoms with E-state index in [0.29, 0.717) is 13.1 Å². The average Bonchev–Trinajstić information content (AvgIpc) is 3.36. The summed E-state index contributed by atoms with van der Waals surface area (Å²) in [5.74, 6) is -0.0261. The first-order chi connectivity index (χ1) is 14.7. The number of imidazole rings is 1. The molecular weight excluding hydrogens is 394 g/mol. The van der Waals surface area contributed by atoms with Crippen molar-refractivity contribution >= 4 is 28.3 Å². The van der Waals surface area contributed by atoms with Crippen LogP contribution in [0.25, 0.3) is 11.0 Å². The third kappa shape index (κ3) is 2.99. The summed E-state index contributed by atoms with van der Waals surface area (Å²) in [5.41, 5.74) is 3.86. The van der Waals surface area contributed by atoms with E-state index in [1.165, 1.54) is 10.4 Å². The molecule has 30 heavy (non-hydrogen) atoms. The molecule has 0 radical (unpaired) electrons. The van der Waals surface area contributed by atoms with Gasteiger partial charge in [-0.05, 0) is 48.1 Å². The quantitative estimate of drug-likeness (QED) is 0.503. The van der Waals surface area contributed by atoms with Crippen molar-refractivity contribution in [2.24, 2.45) is 0 Å². The van der Waals surface area contributed by atoms with Crippen LogP contribution in [0.2, 0.25) is 0 Å². The van der Waals surface area contributed by atoms with Crippen molar-refractivity contribution in [3.8, 4) is 0 Å². The molecule has 1 atom stereocenters. The number of carbonyl (C=O) groups excluding carboxylic acids is 1. The average molecular weight is 418 g/mol. The molecule has 1 amide bonds. The highest BCUT2D eigenvalue weighted by Gasteiger charge is 2.33. The Bertz CT molecular complexity index is 1270. The van der Waals surface area contributed by atoms with Gasteiger partial charge in [-0.1, -0.05) is 42.5 Å². The minimum atomic E-state index is -0.128. The molecule has 4 aromatic rings. The second kappa shape index (κ2) is 7.61. The van der Waals surface area contributed by atoms with Gasteiger partial charge in [-0.25, -0.2) is 4.79 Å². The number of thiophene rings is 1. The van der Waals surface area contributed by atoms with Crippen LogP contribution in [0.15, 0.2) is 70.8 Å². The monoisotopic (exact) mass is 417 g/mol. The van der Waals surface area contributed by atoms with Crippen molar-refractivity contribution in [1.82, 2.24) is 14.0 Å². The zero-order valence-corrected chi connectivity index (χ0v) is 17.6. The third-order valence-electron chi connectivity index (χ3n) is 5.94. The van der Waals surface area contributed by atoms with Crippen LogP contribution in [0.4, 0.5) is 0 Å². The summed E-state index contributed by atoms with van der Waals surface area (Å²) >= 11 is 1.76. The van der Waals surface area contributed by atoms with Gasteiger partial charge in [0.2, 0.25) is 5.91 Å². The highest BCUT2D eigenvalue weighted by Crippen LogP contribution is 2.37. The van der Waals surface area contributed by atoms with Crippen LogP contribution in [-0.2, 0) is 24.3 Å². The second-order valence-electron chi connectivity index (χ2n) is 7.55. The summed E-state index contributed by atoms with van der Waals surface area (Å²) in [4.78, 5) is 29.8. The predicted molar refractivity (Wildman–Crippen MR) is 120 cm³/mol. The molecule has 0 spiro atoms. The van der Waals surface area contributed by atoms with Gasteiger partial charge in [-0.3, -0.25) is 13.9 Å². The summed E-state index contributed by atoms with van der Waals surface area (Å²) < 4.78 is 3.34. The first-order valence-corrected chi connectivity index (χ1v) is 11.2. The van der Waals surface area contributed by atoms with Gasteiger partial charge in [0.05, 0.1) is 17.1 Å². The second-order valence-corrected chi connectivity index (χ2v) is 8.55. The minimum Gasteiger partial charge on any atom is -0.330 e. The lowest BCUT2D eigenvalue weighted by molar-refractivity contribution is -0.133. The molecule has 5 rings (SSSR count). The maximum absolute atomic E-state index is 13.5. The summed E-state index contributed by atoms with van der Waals surface area (Å²) in [6, 6.07) is 19.9. The van der Waals surface area contributed by atoms with Crippen LogP contribution in [-0.4, -0.2) is 26.5 Å². The van der Waals surface area contributed by atoms with Gasteiger partial charge < -0.3 is 4.90 Å². The number of hydrogen-bond donors (Lipinski definition) is 0. The van der Waals surface area contributed by atoms with Gasteiger partial charge in [-0.15, -0.1) is 11.3 Å². The number of benzene rings is 2. The highest BCUT2D eigenvalue weighted by atomic mass is 32.1. The van der Waals surface area contributed by atoms with E-state index in [2.05, 4.69) is 23.6 Å². The molecule has 6 heteroatoms. The van der Waals surface area contributed by atoms with Crippen LogP contribution in [0.3, 0.4) is 0 Å². The summed E-state index contributed by atoms with van der Waals surface area (Å²) in [6.07, 6.45) is 0.855. The van der Waals surface area contributed by atoms with Crippen molar-refractivity contribution in [3.63, 3.8) is 0 Å². The fourth-order valence-electron chi connectivity index (χ4n) is 4.54. The molecule has 2 aromatic heterocycles. The molecule has 0 fully saturated rings. The van der Waals surface area contributed by atoms with Gasteiger partial charge in [0.1, 0.15) is 6.54 Å². The van der Waals surface area contributed by atoms with E-state index in [0.717, 1.165) is 23.0 Å². The lowest BCUT2D eigenvalue weighted by atomic mass is 9.93. The summed E-state index contributed by atoms with van der Waals surface area (Å²) in [6.45, 7) is 3.24. The molecule has 0 aliphatic carbocycles. The van der Waals surface area contributed by atoms with Crippen molar-refractivity contribution in [2.45, 2.75) is 32.5 Å². The van der Waals surface area contributed by atoms with Gasteiger partial charge in [0.25, 0.3) is 0 Å². The van der Waals surface area contributed by atoms with Crippen molar-refractivity contribution < 1.29 is 4.79 Å². The number of fused-ring (bicyclic) bond motifs is 2. The van der Waals surface area contributed by atoms with Gasteiger partial charge in [0, 0.05) is 18.0 Å². The van der Waals surface area contributed by atoms with E-state index in [1.807, 2.05) is 54.3 Å². The lowest BCUT2D eigenvalue weighted by Crippen LogP contribution is -2.43. The maximum Gasteiger partial charge on any atom is 0.329 e. The van der Waals surface area contributed by atoms with Crippen LogP contribution >= 0.6 is 11.3 Å². The maximum atomic E-state index is 13.5. The molecule has 5 nitrogen and oxygen atoms in total. The SMILES string of the molecule is CCn1c(=O)n(CC(=O)N2CCc3sccc3[C@@H]2c2ccccc2)c2ccccc21. The van der Waals surface area contributed by atoms with Crippen molar-refractivity contribution in [1.29, 1.82) is 0 Å². The molecule has 1 aliphatic rings. The Morgan fingerprint density at radius 1 is 1.00 bits per heavy atom. The third-order valence-corrected chi connectivity index (χ3v) is 6.93. The number of aromatic nitrogens is 2. The van der Waals surface area contributed by atoms with E-state index in [4.69, 9.17) is 0 Å². The first-order valence-electron chi connectivity index (χ1n) is 10.3. The Kier molecular flexibility index (Phi) is 4.79. The molecule has 0 N–H and O–H groups in total. The number of hydrogen-bond acceptors (Lipinski definition) is 3. The molecule has 0 saturated heterocycles. The molecule has 2 aromatic carbocycles. The standard InChI is InChI=1S/C24H23N3O2S/c1-2-25-19-10-6-7-11-20(19)27(24(25)29)16-22(28)26-14-12-21-18(13-15-30-21)23(26)17-8-4-3-5-9-17/h3-11,13,15,23H,2,12,14,16H2,1H3/t23-/m0/s1. The number of para-hydroxylation sites is 2. The van der Waals surface area contributed by atoms with Gasteiger partial charge >= 0.3 is 5.69 Å². The minimum absolute atomic E-state index is 0.0261. The van der Waals surface area contributed by atoms with Crippen molar-refractivity contribution in [2.75, 3.05) is 6.54 Å². The summed E-state index contributed by atoms with van der Waals surface area (Å²) in [5, 5.41) is 2.11.